The van der Waals surface area contributed by atoms with Gasteiger partial charge in [-0.15, -0.1) is 0 Å². The van der Waals surface area contributed by atoms with Gasteiger partial charge in [0.1, 0.15) is 18.1 Å². The summed E-state index contributed by atoms with van der Waals surface area (Å²) in [5, 5.41) is 2.72. The second-order valence-corrected chi connectivity index (χ2v) is 9.18. The van der Waals surface area contributed by atoms with Crippen molar-refractivity contribution in [2.75, 3.05) is 32.8 Å². The van der Waals surface area contributed by atoms with Crippen LogP contribution in [0.2, 0.25) is 0 Å². The maximum absolute atomic E-state index is 12.6. The average Bonchev–Trinajstić information content (AvgIpc) is 2.76. The third kappa shape index (κ3) is 6.21. The Balaban J connectivity index is 1.39. The van der Waals surface area contributed by atoms with E-state index in [-0.39, 0.29) is 24.0 Å². The summed E-state index contributed by atoms with van der Waals surface area (Å²) in [5.41, 5.74) is 1.07. The average molecular weight is 433 g/mol. The number of benzene rings is 2. The zero-order valence-electron chi connectivity index (χ0n) is 17.2. The standard InChI is InChI=1S/C22H28N2O5S/c1-18-6-5-7-20(16-18)29-17-22(25)23-12-15-28-19-8-10-21(11-9-19)30(26,27)24-13-3-2-4-14-24/h5-11,16H,2-4,12-15,17H2,1H3,(H,23,25). The van der Waals surface area contributed by atoms with E-state index in [1.807, 2.05) is 25.1 Å². The largest absolute Gasteiger partial charge is 0.492 e. The van der Waals surface area contributed by atoms with Gasteiger partial charge in [-0.3, -0.25) is 4.79 Å². The molecule has 7 nitrogen and oxygen atoms in total. The minimum Gasteiger partial charge on any atom is -0.492 e. The molecule has 2 aromatic rings. The van der Waals surface area contributed by atoms with E-state index in [1.165, 1.54) is 0 Å². The van der Waals surface area contributed by atoms with Crippen LogP contribution in [0.3, 0.4) is 0 Å². The summed E-state index contributed by atoms with van der Waals surface area (Å²) in [6.45, 7) is 3.65. The molecular weight excluding hydrogens is 404 g/mol. The Bertz CT molecular complexity index is 938. The highest BCUT2D eigenvalue weighted by Crippen LogP contribution is 2.22. The lowest BCUT2D eigenvalue weighted by Crippen LogP contribution is -2.35. The number of piperidine rings is 1. The first-order valence-corrected chi connectivity index (χ1v) is 11.6. The Kier molecular flexibility index (Phi) is 7.70. The highest BCUT2D eigenvalue weighted by molar-refractivity contribution is 7.89. The predicted molar refractivity (Wildman–Crippen MR) is 114 cm³/mol. The van der Waals surface area contributed by atoms with Crippen LogP contribution in [0.5, 0.6) is 11.5 Å². The summed E-state index contributed by atoms with van der Waals surface area (Å²) in [6.07, 6.45) is 2.89. The minimum atomic E-state index is -3.44. The highest BCUT2D eigenvalue weighted by atomic mass is 32.2. The predicted octanol–water partition coefficient (Wildman–Crippen LogP) is 2.74. The smallest absolute Gasteiger partial charge is 0.258 e. The Morgan fingerprint density at radius 3 is 2.43 bits per heavy atom. The molecule has 0 aliphatic carbocycles. The number of carbonyl (C=O) groups excluding carboxylic acids is 1. The van der Waals surface area contributed by atoms with Crippen molar-refractivity contribution in [2.24, 2.45) is 0 Å². The fourth-order valence-electron chi connectivity index (χ4n) is 3.23. The Labute approximate surface area is 178 Å². The molecule has 0 saturated carbocycles. The first-order chi connectivity index (χ1) is 14.4. The molecule has 0 unspecified atom stereocenters. The van der Waals surface area contributed by atoms with Crippen LogP contribution in [0.4, 0.5) is 0 Å². The number of nitrogens with one attached hydrogen (secondary N) is 1. The molecule has 0 spiro atoms. The van der Waals surface area contributed by atoms with Crippen LogP contribution < -0.4 is 14.8 Å². The van der Waals surface area contributed by atoms with Crippen LogP contribution in [0.15, 0.2) is 53.4 Å². The van der Waals surface area contributed by atoms with Gasteiger partial charge in [0.05, 0.1) is 11.4 Å². The summed E-state index contributed by atoms with van der Waals surface area (Å²) in [5.74, 6) is 0.974. The topological polar surface area (TPSA) is 84.9 Å². The van der Waals surface area contributed by atoms with Crippen LogP contribution in [-0.4, -0.2) is 51.5 Å². The van der Waals surface area contributed by atoms with Gasteiger partial charge < -0.3 is 14.8 Å². The van der Waals surface area contributed by atoms with Crippen molar-refractivity contribution in [3.05, 3.63) is 54.1 Å². The number of hydrogen-bond donors (Lipinski definition) is 1. The number of rotatable bonds is 9. The Morgan fingerprint density at radius 1 is 1.00 bits per heavy atom. The third-order valence-electron chi connectivity index (χ3n) is 4.83. The van der Waals surface area contributed by atoms with Crippen molar-refractivity contribution in [3.8, 4) is 11.5 Å². The van der Waals surface area contributed by atoms with Crippen molar-refractivity contribution in [1.82, 2.24) is 9.62 Å². The van der Waals surface area contributed by atoms with Crippen LogP contribution in [0.25, 0.3) is 0 Å². The lowest BCUT2D eigenvalue weighted by molar-refractivity contribution is -0.123. The van der Waals surface area contributed by atoms with E-state index in [0.717, 1.165) is 24.8 Å². The molecule has 1 amide bonds. The lowest BCUT2D eigenvalue weighted by atomic mass is 10.2. The van der Waals surface area contributed by atoms with Gasteiger partial charge in [0.25, 0.3) is 5.91 Å². The van der Waals surface area contributed by atoms with E-state index < -0.39 is 10.0 Å². The minimum absolute atomic E-state index is 0.0630. The van der Waals surface area contributed by atoms with E-state index in [2.05, 4.69) is 5.32 Å². The van der Waals surface area contributed by atoms with Crippen LogP contribution in [-0.2, 0) is 14.8 Å². The zero-order chi connectivity index (χ0) is 21.4. The molecule has 1 fully saturated rings. The summed E-state index contributed by atoms with van der Waals surface area (Å²) >= 11 is 0. The molecule has 162 valence electrons. The molecule has 1 aliphatic rings. The number of ether oxygens (including phenoxy) is 2. The quantitative estimate of drug-likeness (QED) is 0.616. The van der Waals surface area contributed by atoms with Crippen LogP contribution >= 0.6 is 0 Å². The number of nitrogens with zero attached hydrogens (tertiary/aromatic N) is 1. The number of sulfonamides is 1. The molecule has 2 aromatic carbocycles. The molecule has 8 heteroatoms. The van der Waals surface area contributed by atoms with Gasteiger partial charge in [0.15, 0.2) is 6.61 Å². The SMILES string of the molecule is Cc1cccc(OCC(=O)NCCOc2ccc(S(=O)(=O)N3CCCCC3)cc2)c1. The highest BCUT2D eigenvalue weighted by Gasteiger charge is 2.25. The Morgan fingerprint density at radius 2 is 1.73 bits per heavy atom. The molecule has 3 rings (SSSR count). The number of carbonyl (C=O) groups is 1. The van der Waals surface area contributed by atoms with Crippen molar-refractivity contribution in [3.63, 3.8) is 0 Å². The molecule has 0 aromatic heterocycles. The van der Waals surface area contributed by atoms with E-state index in [9.17, 15) is 13.2 Å². The molecule has 0 radical (unpaired) electrons. The number of hydrogen-bond acceptors (Lipinski definition) is 5. The first-order valence-electron chi connectivity index (χ1n) is 10.1. The molecule has 0 atom stereocenters. The van der Waals surface area contributed by atoms with Crippen molar-refractivity contribution >= 4 is 15.9 Å². The summed E-state index contributed by atoms with van der Waals surface area (Å²) in [7, 11) is -3.44. The third-order valence-corrected chi connectivity index (χ3v) is 6.74. The van der Waals surface area contributed by atoms with Gasteiger partial charge in [-0.2, -0.15) is 4.31 Å². The van der Waals surface area contributed by atoms with E-state index in [0.29, 0.717) is 31.1 Å². The molecule has 1 N–H and O–H groups in total. The summed E-state index contributed by atoms with van der Waals surface area (Å²) < 4.78 is 37.9. The monoisotopic (exact) mass is 432 g/mol. The van der Waals surface area contributed by atoms with Crippen molar-refractivity contribution in [1.29, 1.82) is 0 Å². The zero-order valence-corrected chi connectivity index (χ0v) is 18.0. The maximum Gasteiger partial charge on any atom is 0.258 e. The van der Waals surface area contributed by atoms with Crippen molar-refractivity contribution in [2.45, 2.75) is 31.1 Å². The summed E-state index contributed by atoms with van der Waals surface area (Å²) in [4.78, 5) is 12.1. The molecule has 30 heavy (non-hydrogen) atoms. The molecule has 1 saturated heterocycles. The molecule has 0 bridgehead atoms. The van der Waals surface area contributed by atoms with Gasteiger partial charge in [-0.05, 0) is 61.7 Å². The van der Waals surface area contributed by atoms with Gasteiger partial charge >= 0.3 is 0 Å². The molecule has 1 aliphatic heterocycles. The molecular formula is C22H28N2O5S. The van der Waals surface area contributed by atoms with E-state index in [1.54, 1.807) is 34.6 Å². The van der Waals surface area contributed by atoms with Gasteiger partial charge in [0, 0.05) is 13.1 Å². The van der Waals surface area contributed by atoms with Gasteiger partial charge in [-0.1, -0.05) is 18.6 Å². The van der Waals surface area contributed by atoms with Crippen molar-refractivity contribution < 1.29 is 22.7 Å². The summed E-state index contributed by atoms with van der Waals surface area (Å²) in [6, 6.07) is 13.9. The van der Waals surface area contributed by atoms with Crippen LogP contribution in [0, 0.1) is 6.92 Å². The number of amides is 1. The maximum atomic E-state index is 12.6. The fraction of sp³-hybridized carbons (Fsp3) is 0.409. The fourth-order valence-corrected chi connectivity index (χ4v) is 4.74. The first kappa shape index (κ1) is 22.1. The van der Waals surface area contributed by atoms with E-state index in [4.69, 9.17) is 9.47 Å². The molecule has 1 heterocycles. The second kappa shape index (κ2) is 10.4. The number of aryl methyl sites for hydroxylation is 1. The van der Waals surface area contributed by atoms with E-state index >= 15 is 0 Å². The second-order valence-electron chi connectivity index (χ2n) is 7.24. The van der Waals surface area contributed by atoms with Crippen LogP contribution in [0.1, 0.15) is 24.8 Å². The van der Waals surface area contributed by atoms with Gasteiger partial charge in [-0.25, -0.2) is 8.42 Å². The lowest BCUT2D eigenvalue weighted by Gasteiger charge is -2.25. The normalized spacial score (nSPS) is 14.8. The van der Waals surface area contributed by atoms with Gasteiger partial charge in [0.2, 0.25) is 10.0 Å². The Hall–Kier alpha value is -2.58.